The number of aryl methyl sites for hydroxylation is 2. The van der Waals surface area contributed by atoms with Gasteiger partial charge in [-0.2, -0.15) is 11.8 Å². The van der Waals surface area contributed by atoms with E-state index in [2.05, 4.69) is 9.97 Å². The molecule has 1 unspecified atom stereocenters. The van der Waals surface area contributed by atoms with Crippen molar-refractivity contribution in [3.05, 3.63) is 22.8 Å². The highest BCUT2D eigenvalue weighted by Gasteiger charge is 2.21. The lowest BCUT2D eigenvalue weighted by Crippen LogP contribution is -2.14. The van der Waals surface area contributed by atoms with Crippen LogP contribution in [0.4, 0.5) is 0 Å². The second kappa shape index (κ2) is 6.57. The standard InChI is InChI=1S/C15H22N2O2S/c1-9(15(18)19)14-10(2)16-13(17-11(14)3)8-20-12-6-4-5-7-12/h9,12H,4-8H2,1-3H3,(H,18,19). The van der Waals surface area contributed by atoms with Gasteiger partial charge in [0.2, 0.25) is 0 Å². The Balaban J connectivity index is 2.10. The van der Waals surface area contributed by atoms with Crippen molar-refractivity contribution in [1.29, 1.82) is 0 Å². The number of aromatic nitrogens is 2. The van der Waals surface area contributed by atoms with E-state index in [9.17, 15) is 4.79 Å². The number of hydrogen-bond donors (Lipinski definition) is 1. The minimum Gasteiger partial charge on any atom is -0.481 e. The van der Waals surface area contributed by atoms with Gasteiger partial charge in [-0.1, -0.05) is 12.8 Å². The average Bonchev–Trinajstić information content (AvgIpc) is 2.88. The molecule has 1 fully saturated rings. The maximum Gasteiger partial charge on any atom is 0.310 e. The van der Waals surface area contributed by atoms with Gasteiger partial charge in [0.05, 0.1) is 11.7 Å². The molecular formula is C15H22N2O2S. The van der Waals surface area contributed by atoms with Crippen molar-refractivity contribution in [1.82, 2.24) is 9.97 Å². The Morgan fingerprint density at radius 3 is 2.35 bits per heavy atom. The normalized spacial score (nSPS) is 17.4. The lowest BCUT2D eigenvalue weighted by Gasteiger charge is -2.14. The number of carbonyl (C=O) groups is 1. The zero-order valence-corrected chi connectivity index (χ0v) is 13.2. The molecule has 0 spiro atoms. The van der Waals surface area contributed by atoms with E-state index in [1.165, 1.54) is 25.7 Å². The molecule has 110 valence electrons. The second-order valence-electron chi connectivity index (χ2n) is 5.50. The third-order valence-electron chi connectivity index (χ3n) is 3.93. The van der Waals surface area contributed by atoms with Crippen molar-refractivity contribution in [2.24, 2.45) is 0 Å². The van der Waals surface area contributed by atoms with E-state index in [4.69, 9.17) is 5.11 Å². The summed E-state index contributed by atoms with van der Waals surface area (Å²) in [4.78, 5) is 20.1. The molecule has 0 amide bonds. The van der Waals surface area contributed by atoms with E-state index in [0.717, 1.165) is 33.8 Å². The van der Waals surface area contributed by atoms with Gasteiger partial charge in [-0.15, -0.1) is 0 Å². The van der Waals surface area contributed by atoms with Crippen LogP contribution in [0, 0.1) is 13.8 Å². The molecule has 1 atom stereocenters. The number of rotatable bonds is 5. The molecule has 1 aliphatic carbocycles. The number of nitrogens with zero attached hydrogens (tertiary/aromatic N) is 2. The summed E-state index contributed by atoms with van der Waals surface area (Å²) in [5.74, 6) is 0.284. The molecule has 0 aliphatic heterocycles. The van der Waals surface area contributed by atoms with Crippen LogP contribution >= 0.6 is 11.8 Å². The van der Waals surface area contributed by atoms with Crippen molar-refractivity contribution >= 4 is 17.7 Å². The van der Waals surface area contributed by atoms with Crippen LogP contribution in [0.3, 0.4) is 0 Å². The maximum absolute atomic E-state index is 11.1. The molecule has 1 aromatic heterocycles. The summed E-state index contributed by atoms with van der Waals surface area (Å²) in [6, 6.07) is 0. The third kappa shape index (κ3) is 3.51. The Hall–Kier alpha value is -1.10. The summed E-state index contributed by atoms with van der Waals surface area (Å²) in [6.45, 7) is 5.45. The van der Waals surface area contributed by atoms with E-state index in [1.54, 1.807) is 6.92 Å². The zero-order valence-electron chi connectivity index (χ0n) is 12.3. The summed E-state index contributed by atoms with van der Waals surface area (Å²) < 4.78 is 0. The molecule has 0 saturated heterocycles. The largest absolute Gasteiger partial charge is 0.481 e. The molecule has 2 rings (SSSR count). The third-order valence-corrected chi connectivity index (χ3v) is 5.29. The minimum absolute atomic E-state index is 0.550. The second-order valence-corrected chi connectivity index (χ2v) is 6.79. The van der Waals surface area contributed by atoms with Gasteiger partial charge in [0.15, 0.2) is 0 Å². The highest BCUT2D eigenvalue weighted by atomic mass is 32.2. The molecular weight excluding hydrogens is 272 g/mol. The first kappa shape index (κ1) is 15.3. The van der Waals surface area contributed by atoms with E-state index >= 15 is 0 Å². The quantitative estimate of drug-likeness (QED) is 0.901. The zero-order chi connectivity index (χ0) is 14.7. The van der Waals surface area contributed by atoms with E-state index in [0.29, 0.717) is 0 Å². The van der Waals surface area contributed by atoms with Crippen LogP contribution in [0.15, 0.2) is 0 Å². The number of carboxylic acids is 1. The van der Waals surface area contributed by atoms with Crippen LogP contribution in [0.25, 0.3) is 0 Å². The Labute approximate surface area is 124 Å². The average molecular weight is 294 g/mol. The summed E-state index contributed by atoms with van der Waals surface area (Å²) in [5.41, 5.74) is 2.36. The highest BCUT2D eigenvalue weighted by Crippen LogP contribution is 2.31. The predicted octanol–water partition coefficient (Wildman–Crippen LogP) is 3.46. The van der Waals surface area contributed by atoms with Gasteiger partial charge < -0.3 is 5.11 Å². The number of hydrogen-bond acceptors (Lipinski definition) is 4. The summed E-state index contributed by atoms with van der Waals surface area (Å²) >= 11 is 1.93. The molecule has 1 aliphatic rings. The smallest absolute Gasteiger partial charge is 0.310 e. The molecule has 0 aromatic carbocycles. The van der Waals surface area contributed by atoms with Gasteiger partial charge in [-0.3, -0.25) is 4.79 Å². The van der Waals surface area contributed by atoms with Crippen LogP contribution in [0.1, 0.15) is 61.3 Å². The summed E-state index contributed by atoms with van der Waals surface area (Å²) in [5, 5.41) is 9.89. The first-order valence-electron chi connectivity index (χ1n) is 7.17. The summed E-state index contributed by atoms with van der Waals surface area (Å²) in [6.07, 6.45) is 5.28. The van der Waals surface area contributed by atoms with Crippen molar-refractivity contribution in [2.45, 2.75) is 63.4 Å². The fraction of sp³-hybridized carbons (Fsp3) is 0.667. The monoisotopic (exact) mass is 294 g/mol. The van der Waals surface area contributed by atoms with Crippen molar-refractivity contribution < 1.29 is 9.90 Å². The highest BCUT2D eigenvalue weighted by molar-refractivity contribution is 7.99. The van der Waals surface area contributed by atoms with E-state index in [-0.39, 0.29) is 0 Å². The van der Waals surface area contributed by atoms with Gasteiger partial charge >= 0.3 is 5.97 Å². The van der Waals surface area contributed by atoms with Crippen LogP contribution in [0.2, 0.25) is 0 Å². The predicted molar refractivity (Wildman–Crippen MR) is 81.1 cm³/mol. The topological polar surface area (TPSA) is 63.1 Å². The Bertz CT molecular complexity index is 476. The fourth-order valence-electron chi connectivity index (χ4n) is 2.86. The van der Waals surface area contributed by atoms with Gasteiger partial charge in [0, 0.05) is 22.2 Å². The number of aliphatic carboxylic acids is 1. The fourth-order valence-corrected chi connectivity index (χ4v) is 4.04. The Kier molecular flexibility index (Phi) is 5.02. The summed E-state index contributed by atoms with van der Waals surface area (Å²) in [7, 11) is 0. The molecule has 0 bridgehead atoms. The Morgan fingerprint density at radius 2 is 1.85 bits per heavy atom. The van der Waals surface area contributed by atoms with Crippen molar-refractivity contribution in [2.75, 3.05) is 0 Å². The molecule has 5 heteroatoms. The molecule has 1 aromatic rings. The number of thioether (sulfide) groups is 1. The van der Waals surface area contributed by atoms with Crippen LogP contribution in [-0.2, 0) is 10.5 Å². The molecule has 4 nitrogen and oxygen atoms in total. The Morgan fingerprint density at radius 1 is 1.30 bits per heavy atom. The SMILES string of the molecule is Cc1nc(CSC2CCCC2)nc(C)c1C(C)C(=O)O. The maximum atomic E-state index is 11.1. The van der Waals surface area contributed by atoms with Gasteiger partial charge in [0.1, 0.15) is 5.82 Å². The van der Waals surface area contributed by atoms with Crippen LogP contribution in [-0.4, -0.2) is 26.3 Å². The lowest BCUT2D eigenvalue weighted by atomic mass is 9.98. The van der Waals surface area contributed by atoms with Gasteiger partial charge in [-0.05, 0) is 33.6 Å². The first-order chi connectivity index (χ1) is 9.49. The lowest BCUT2D eigenvalue weighted by molar-refractivity contribution is -0.138. The molecule has 1 saturated carbocycles. The van der Waals surface area contributed by atoms with Crippen molar-refractivity contribution in [3.8, 4) is 0 Å². The first-order valence-corrected chi connectivity index (χ1v) is 8.22. The van der Waals surface area contributed by atoms with Gasteiger partial charge in [-0.25, -0.2) is 9.97 Å². The molecule has 1 heterocycles. The molecule has 20 heavy (non-hydrogen) atoms. The van der Waals surface area contributed by atoms with Crippen LogP contribution < -0.4 is 0 Å². The molecule has 0 radical (unpaired) electrons. The number of carboxylic acid groups (broad SMARTS) is 1. The van der Waals surface area contributed by atoms with E-state index in [1.807, 2.05) is 25.6 Å². The minimum atomic E-state index is -0.826. The van der Waals surface area contributed by atoms with Gasteiger partial charge in [0.25, 0.3) is 0 Å². The van der Waals surface area contributed by atoms with Crippen molar-refractivity contribution in [3.63, 3.8) is 0 Å². The molecule has 1 N–H and O–H groups in total. The van der Waals surface area contributed by atoms with Crippen LogP contribution in [0.5, 0.6) is 0 Å². The van der Waals surface area contributed by atoms with E-state index < -0.39 is 11.9 Å².